The highest BCUT2D eigenvalue weighted by atomic mass is 16.5. The molecule has 0 amide bonds. The molecule has 6 nitrogen and oxygen atoms in total. The second-order valence-electron chi connectivity index (χ2n) is 5.53. The van der Waals surface area contributed by atoms with E-state index in [1.165, 1.54) is 12.1 Å². The quantitative estimate of drug-likeness (QED) is 0.547. The molecule has 0 saturated heterocycles. The van der Waals surface area contributed by atoms with Crippen LogP contribution in [0, 0.1) is 0 Å². The standard InChI is InChI=1S/C19H16O6/c1-2-7-24-13-5-3-11(4-6-13)18(22)15-10-14-16(21)8-12(20)9-17(14)25-19(15)23/h3-6,8-10,20-21H,2,7H2,1H3. The molecule has 3 aromatic rings. The van der Waals surface area contributed by atoms with Crippen LogP contribution in [0.15, 0.2) is 51.7 Å². The molecule has 2 N–H and O–H groups in total. The molecule has 25 heavy (non-hydrogen) atoms. The zero-order chi connectivity index (χ0) is 18.0. The summed E-state index contributed by atoms with van der Waals surface area (Å²) in [5.41, 5.74) is -0.736. The lowest BCUT2D eigenvalue weighted by atomic mass is 10.0. The largest absolute Gasteiger partial charge is 0.508 e. The van der Waals surface area contributed by atoms with Crippen LogP contribution in [0.5, 0.6) is 17.2 Å². The summed E-state index contributed by atoms with van der Waals surface area (Å²) in [4.78, 5) is 24.7. The predicted octanol–water partition coefficient (Wildman–Crippen LogP) is 3.22. The summed E-state index contributed by atoms with van der Waals surface area (Å²) < 4.78 is 10.5. The monoisotopic (exact) mass is 340 g/mol. The van der Waals surface area contributed by atoms with Crippen LogP contribution in [0.3, 0.4) is 0 Å². The maximum atomic E-state index is 12.6. The second kappa shape index (κ2) is 6.68. The first-order chi connectivity index (χ1) is 12.0. The van der Waals surface area contributed by atoms with Gasteiger partial charge in [-0.1, -0.05) is 6.92 Å². The number of hydrogen-bond acceptors (Lipinski definition) is 6. The third-order valence-electron chi connectivity index (χ3n) is 3.65. The van der Waals surface area contributed by atoms with Gasteiger partial charge in [0.15, 0.2) is 5.78 Å². The molecule has 6 heteroatoms. The van der Waals surface area contributed by atoms with E-state index in [0.717, 1.165) is 12.5 Å². The van der Waals surface area contributed by atoms with E-state index in [0.29, 0.717) is 17.9 Å². The third-order valence-corrected chi connectivity index (χ3v) is 3.65. The number of fused-ring (bicyclic) bond motifs is 1. The van der Waals surface area contributed by atoms with Gasteiger partial charge in [-0.25, -0.2) is 4.79 Å². The summed E-state index contributed by atoms with van der Waals surface area (Å²) in [5.74, 6) is -0.409. The molecular formula is C19H16O6. The van der Waals surface area contributed by atoms with Crippen LogP contribution in [0.2, 0.25) is 0 Å². The molecule has 0 fully saturated rings. The minimum Gasteiger partial charge on any atom is -0.508 e. The fourth-order valence-electron chi connectivity index (χ4n) is 2.42. The molecule has 0 bridgehead atoms. The van der Waals surface area contributed by atoms with Crippen LogP contribution in [-0.2, 0) is 0 Å². The van der Waals surface area contributed by atoms with Crippen LogP contribution in [0.25, 0.3) is 11.0 Å². The first kappa shape index (κ1) is 16.6. The van der Waals surface area contributed by atoms with Crippen molar-refractivity contribution >= 4 is 16.8 Å². The van der Waals surface area contributed by atoms with E-state index in [1.54, 1.807) is 24.3 Å². The van der Waals surface area contributed by atoms with E-state index in [9.17, 15) is 19.8 Å². The van der Waals surface area contributed by atoms with Crippen molar-refractivity contribution in [2.75, 3.05) is 6.61 Å². The fraction of sp³-hybridized carbons (Fsp3) is 0.158. The van der Waals surface area contributed by atoms with Crippen molar-refractivity contribution in [2.24, 2.45) is 0 Å². The Morgan fingerprint density at radius 1 is 1.12 bits per heavy atom. The van der Waals surface area contributed by atoms with Gasteiger partial charge in [-0.3, -0.25) is 4.79 Å². The average molecular weight is 340 g/mol. The molecule has 0 saturated carbocycles. The Kier molecular flexibility index (Phi) is 4.43. The molecule has 0 aliphatic rings. The van der Waals surface area contributed by atoms with Gasteiger partial charge in [0.2, 0.25) is 0 Å². The first-order valence-corrected chi connectivity index (χ1v) is 7.77. The highest BCUT2D eigenvalue weighted by molar-refractivity contribution is 6.10. The second-order valence-corrected chi connectivity index (χ2v) is 5.53. The molecule has 128 valence electrons. The van der Waals surface area contributed by atoms with Crippen molar-refractivity contribution < 1.29 is 24.2 Å². The lowest BCUT2D eigenvalue weighted by Crippen LogP contribution is -2.14. The molecule has 2 aromatic carbocycles. The minimum atomic E-state index is -0.839. The number of phenols is 2. The van der Waals surface area contributed by atoms with Crippen molar-refractivity contribution in [3.05, 3.63) is 64.0 Å². The van der Waals surface area contributed by atoms with E-state index in [2.05, 4.69) is 0 Å². The Labute approximate surface area is 142 Å². The molecule has 1 heterocycles. The summed E-state index contributed by atoms with van der Waals surface area (Å²) >= 11 is 0. The van der Waals surface area contributed by atoms with Gasteiger partial charge in [0.1, 0.15) is 28.4 Å². The lowest BCUT2D eigenvalue weighted by Gasteiger charge is -2.06. The molecule has 0 atom stereocenters. The van der Waals surface area contributed by atoms with Crippen LogP contribution in [-0.4, -0.2) is 22.6 Å². The zero-order valence-electron chi connectivity index (χ0n) is 13.5. The summed E-state index contributed by atoms with van der Waals surface area (Å²) in [7, 11) is 0. The first-order valence-electron chi connectivity index (χ1n) is 7.77. The summed E-state index contributed by atoms with van der Waals surface area (Å²) in [6, 6.07) is 10.0. The average Bonchev–Trinajstić information content (AvgIpc) is 2.59. The molecular weight excluding hydrogens is 324 g/mol. The summed E-state index contributed by atoms with van der Waals surface area (Å²) in [5, 5.41) is 19.5. The predicted molar refractivity (Wildman–Crippen MR) is 91.5 cm³/mol. The van der Waals surface area contributed by atoms with E-state index >= 15 is 0 Å². The number of ketones is 1. The van der Waals surface area contributed by atoms with Crippen molar-refractivity contribution in [1.29, 1.82) is 0 Å². The van der Waals surface area contributed by atoms with E-state index in [-0.39, 0.29) is 28.0 Å². The molecule has 0 aliphatic heterocycles. The fourth-order valence-corrected chi connectivity index (χ4v) is 2.42. The van der Waals surface area contributed by atoms with Crippen LogP contribution in [0.4, 0.5) is 0 Å². The maximum Gasteiger partial charge on any atom is 0.347 e. The highest BCUT2D eigenvalue weighted by Gasteiger charge is 2.17. The highest BCUT2D eigenvalue weighted by Crippen LogP contribution is 2.29. The Balaban J connectivity index is 1.99. The Hall–Kier alpha value is -3.28. The summed E-state index contributed by atoms with van der Waals surface area (Å²) in [6.07, 6.45) is 0.873. The molecule has 0 spiro atoms. The number of phenolic OH excluding ortho intramolecular Hbond substituents is 2. The number of aromatic hydroxyl groups is 2. The topological polar surface area (TPSA) is 97.0 Å². The van der Waals surface area contributed by atoms with E-state index in [4.69, 9.17) is 9.15 Å². The van der Waals surface area contributed by atoms with Gasteiger partial charge in [-0.2, -0.15) is 0 Å². The van der Waals surface area contributed by atoms with Crippen molar-refractivity contribution in [3.8, 4) is 17.2 Å². The Morgan fingerprint density at radius 3 is 2.52 bits per heavy atom. The smallest absolute Gasteiger partial charge is 0.347 e. The van der Waals surface area contributed by atoms with Gasteiger partial charge < -0.3 is 19.4 Å². The third kappa shape index (κ3) is 3.33. The molecule has 0 unspecified atom stereocenters. The number of carbonyl (C=O) groups excluding carboxylic acids is 1. The van der Waals surface area contributed by atoms with Crippen molar-refractivity contribution in [1.82, 2.24) is 0 Å². The Morgan fingerprint density at radius 2 is 1.84 bits per heavy atom. The van der Waals surface area contributed by atoms with Gasteiger partial charge in [0, 0.05) is 17.7 Å². The molecule has 3 rings (SSSR count). The van der Waals surface area contributed by atoms with Gasteiger partial charge >= 0.3 is 5.63 Å². The number of rotatable bonds is 5. The molecule has 1 aromatic heterocycles. The van der Waals surface area contributed by atoms with Crippen LogP contribution < -0.4 is 10.4 Å². The summed E-state index contributed by atoms with van der Waals surface area (Å²) in [6.45, 7) is 2.57. The maximum absolute atomic E-state index is 12.6. The van der Waals surface area contributed by atoms with Gasteiger partial charge in [0.05, 0.1) is 12.0 Å². The normalized spacial score (nSPS) is 10.8. The number of carbonyl (C=O) groups is 1. The van der Waals surface area contributed by atoms with Gasteiger partial charge in [-0.05, 0) is 36.8 Å². The van der Waals surface area contributed by atoms with Gasteiger partial charge in [0.25, 0.3) is 0 Å². The number of hydrogen-bond donors (Lipinski definition) is 2. The molecule has 0 radical (unpaired) electrons. The van der Waals surface area contributed by atoms with Crippen molar-refractivity contribution in [3.63, 3.8) is 0 Å². The van der Waals surface area contributed by atoms with Crippen LogP contribution >= 0.6 is 0 Å². The zero-order valence-corrected chi connectivity index (χ0v) is 13.5. The molecule has 0 aliphatic carbocycles. The van der Waals surface area contributed by atoms with Crippen molar-refractivity contribution in [2.45, 2.75) is 13.3 Å². The number of benzene rings is 2. The number of ether oxygens (including phenoxy) is 1. The lowest BCUT2D eigenvalue weighted by molar-refractivity contribution is 0.103. The van der Waals surface area contributed by atoms with E-state index in [1.807, 2.05) is 6.92 Å². The minimum absolute atomic E-state index is 0.00219. The Bertz CT molecular complexity index is 985. The van der Waals surface area contributed by atoms with Crippen LogP contribution in [0.1, 0.15) is 29.3 Å². The van der Waals surface area contributed by atoms with Gasteiger partial charge in [-0.15, -0.1) is 0 Å². The SMILES string of the molecule is CCCOc1ccc(C(=O)c2cc3c(O)cc(O)cc3oc2=O)cc1. The van der Waals surface area contributed by atoms with E-state index < -0.39 is 11.4 Å².